The van der Waals surface area contributed by atoms with Gasteiger partial charge in [-0.1, -0.05) is 11.1 Å². The van der Waals surface area contributed by atoms with Crippen molar-refractivity contribution in [3.8, 4) is 0 Å². The van der Waals surface area contributed by atoms with Crippen molar-refractivity contribution < 1.29 is 8.22 Å². The molecule has 0 nitrogen and oxygen atoms in total. The van der Waals surface area contributed by atoms with Crippen LogP contribution < -0.4 is 0 Å². The molecule has 0 aliphatic carbocycles. The molecule has 0 aromatic rings. The summed E-state index contributed by atoms with van der Waals surface area (Å²) in [5, 5.41) is 0. The van der Waals surface area contributed by atoms with Crippen LogP contribution in [0.5, 0.6) is 0 Å². The van der Waals surface area contributed by atoms with Crippen molar-refractivity contribution in [3.05, 3.63) is 0 Å². The molecule has 0 aliphatic rings. The van der Waals surface area contributed by atoms with E-state index in [1.807, 2.05) is 0 Å². The van der Waals surface area contributed by atoms with E-state index < -0.39 is 8.77 Å². The van der Waals surface area contributed by atoms with E-state index in [4.69, 9.17) is 0 Å². The molecule has 0 aliphatic heterocycles. The summed E-state index contributed by atoms with van der Waals surface area (Å²) < 4.78 is 20.4. The maximum Gasteiger partial charge on any atom is 0.587 e. The maximum absolute atomic E-state index is 10.2. The lowest BCUT2D eigenvalue weighted by Crippen LogP contribution is -1.73. The zero-order valence-corrected chi connectivity index (χ0v) is 3.39. The zero-order valence-electron chi connectivity index (χ0n) is 1.63. The molecule has 0 unspecified atom stereocenters. The summed E-state index contributed by atoms with van der Waals surface area (Å²) in [6, 6.07) is 0. The second kappa shape index (κ2) is 1.66. The van der Waals surface area contributed by atoms with Crippen LogP contribution in [0.25, 0.3) is 0 Å². The second-order valence-corrected chi connectivity index (χ2v) is 1.50. The monoisotopic (exact) mass is 101 g/mol. The lowest BCUT2D eigenvalue weighted by molar-refractivity contribution is 0.698. The van der Waals surface area contributed by atoms with Gasteiger partial charge < -0.3 is 0 Å². The zero-order chi connectivity index (χ0) is 3.58. The fourth-order valence-electron chi connectivity index (χ4n) is 0. The summed E-state index contributed by atoms with van der Waals surface area (Å²) in [6.45, 7) is 0. The standard InChI is InChI=1S/ClF2Si/c1-4(2)3. The fourth-order valence-corrected chi connectivity index (χ4v) is 0. The van der Waals surface area contributed by atoms with E-state index in [0.29, 0.717) is 0 Å². The lowest BCUT2D eigenvalue weighted by Gasteiger charge is -1.58. The van der Waals surface area contributed by atoms with Gasteiger partial charge in [0.25, 0.3) is 0 Å². The smallest absolute Gasteiger partial charge is 0.249 e. The number of rotatable bonds is 0. The van der Waals surface area contributed by atoms with Crippen LogP contribution in [-0.4, -0.2) is 8.77 Å². The lowest BCUT2D eigenvalue weighted by atomic mass is 18.8. The summed E-state index contributed by atoms with van der Waals surface area (Å²) in [5.41, 5.74) is 0. The predicted octanol–water partition coefficient (Wildman–Crippen LogP) is 1.15. The van der Waals surface area contributed by atoms with Gasteiger partial charge in [0.05, 0.1) is 0 Å². The molecule has 0 rings (SSSR count). The summed E-state index contributed by atoms with van der Waals surface area (Å²) in [7, 11) is -3.41. The molecule has 0 saturated heterocycles. The van der Waals surface area contributed by atoms with Crippen molar-refractivity contribution in [2.75, 3.05) is 0 Å². The molecule has 0 heterocycles. The summed E-state index contributed by atoms with van der Waals surface area (Å²) in [5.74, 6) is 0. The summed E-state index contributed by atoms with van der Waals surface area (Å²) in [6.07, 6.45) is 0. The van der Waals surface area contributed by atoms with Crippen molar-refractivity contribution in [2.45, 2.75) is 0 Å². The molecule has 0 aromatic carbocycles. The maximum atomic E-state index is 10.2. The highest BCUT2D eigenvalue weighted by Gasteiger charge is 1.97. The van der Waals surface area contributed by atoms with Gasteiger partial charge in [-0.15, -0.1) is 0 Å². The van der Waals surface area contributed by atoms with Crippen LogP contribution in [0.2, 0.25) is 0 Å². The third kappa shape index (κ3) is 32.9. The first kappa shape index (κ1) is 4.37. The highest BCUT2D eigenvalue weighted by atomic mass is 35.6. The van der Waals surface area contributed by atoms with Crippen molar-refractivity contribution in [2.24, 2.45) is 0 Å². The molecule has 0 aromatic heterocycles. The van der Waals surface area contributed by atoms with Gasteiger partial charge in [-0.3, -0.25) is 0 Å². The first-order valence-electron chi connectivity index (χ1n) is 0.567. The Bertz CT molecular complexity index is 10.8. The Balaban J connectivity index is 2.32. The van der Waals surface area contributed by atoms with Crippen LogP contribution in [-0.2, 0) is 0 Å². The van der Waals surface area contributed by atoms with Crippen LogP contribution >= 0.6 is 11.1 Å². The Morgan fingerprint density at radius 2 is 1.50 bits per heavy atom. The van der Waals surface area contributed by atoms with E-state index in [0.717, 1.165) is 0 Å². The van der Waals surface area contributed by atoms with Gasteiger partial charge in [-0.2, -0.15) is 0 Å². The Morgan fingerprint density at radius 1 is 1.50 bits per heavy atom. The van der Waals surface area contributed by atoms with Crippen LogP contribution in [0.3, 0.4) is 0 Å². The largest absolute Gasteiger partial charge is 0.587 e. The molecule has 4 heteroatoms. The van der Waals surface area contributed by atoms with Gasteiger partial charge in [0.15, 0.2) is 0 Å². The average molecular weight is 102 g/mol. The van der Waals surface area contributed by atoms with Gasteiger partial charge in [-0.05, 0) is 0 Å². The molecule has 0 fully saturated rings. The van der Waals surface area contributed by atoms with Crippen LogP contribution in [0.15, 0.2) is 0 Å². The van der Waals surface area contributed by atoms with E-state index in [2.05, 4.69) is 11.1 Å². The van der Waals surface area contributed by atoms with E-state index in [1.54, 1.807) is 0 Å². The molecule has 0 saturated carbocycles. The number of halogens is 3. The Morgan fingerprint density at radius 3 is 1.50 bits per heavy atom. The van der Waals surface area contributed by atoms with Crippen molar-refractivity contribution in [1.82, 2.24) is 0 Å². The van der Waals surface area contributed by atoms with E-state index in [1.165, 1.54) is 0 Å². The van der Waals surface area contributed by atoms with Crippen LogP contribution in [0.4, 0.5) is 8.22 Å². The average Bonchev–Trinajstić information content (AvgIpc) is 0.811. The van der Waals surface area contributed by atoms with Gasteiger partial charge in [0.2, 0.25) is 0 Å². The SMILES string of the molecule is F[Si](F)Cl. The van der Waals surface area contributed by atoms with E-state index in [9.17, 15) is 8.22 Å². The highest BCUT2D eigenvalue weighted by molar-refractivity contribution is 6.98. The molecule has 0 bridgehead atoms. The summed E-state index contributed by atoms with van der Waals surface area (Å²) in [4.78, 5) is 0. The molecular formula is ClF2Si. The third-order valence-corrected chi connectivity index (χ3v) is 0. The van der Waals surface area contributed by atoms with E-state index in [-0.39, 0.29) is 0 Å². The van der Waals surface area contributed by atoms with Gasteiger partial charge in [0.1, 0.15) is 0 Å². The quantitative estimate of drug-likeness (QED) is 0.317. The Kier molecular flexibility index (Phi) is 1.82. The van der Waals surface area contributed by atoms with Gasteiger partial charge in [0, 0.05) is 0 Å². The van der Waals surface area contributed by atoms with E-state index >= 15 is 0 Å². The summed E-state index contributed by atoms with van der Waals surface area (Å²) >= 11 is 4.04. The molecule has 1 radical (unpaired) electrons. The molecule has 0 atom stereocenters. The number of hydrogen-bond acceptors (Lipinski definition) is 0. The van der Waals surface area contributed by atoms with Gasteiger partial charge >= 0.3 is 8.77 Å². The second-order valence-electron chi connectivity index (χ2n) is 0.214. The van der Waals surface area contributed by atoms with Crippen molar-refractivity contribution in [3.63, 3.8) is 0 Å². The minimum atomic E-state index is -3.41. The Hall–Kier alpha value is 0.367. The highest BCUT2D eigenvalue weighted by Crippen LogP contribution is 1.86. The van der Waals surface area contributed by atoms with Crippen molar-refractivity contribution in [1.29, 1.82) is 0 Å². The normalized spacial score (nSPS) is 9.00. The number of hydrogen-bond donors (Lipinski definition) is 0. The van der Waals surface area contributed by atoms with Crippen molar-refractivity contribution >= 4 is 19.9 Å². The van der Waals surface area contributed by atoms with Crippen LogP contribution in [0, 0.1) is 0 Å². The molecule has 0 N–H and O–H groups in total. The molecular weight excluding hydrogens is 102 g/mol. The first-order chi connectivity index (χ1) is 1.73. The van der Waals surface area contributed by atoms with Gasteiger partial charge in [-0.25, -0.2) is 8.22 Å². The minimum absolute atomic E-state index is 3.41. The fraction of sp³-hybridized carbons (Fsp3) is 0. The third-order valence-electron chi connectivity index (χ3n) is 0. The molecule has 0 spiro atoms. The topological polar surface area (TPSA) is 0 Å². The first-order valence-corrected chi connectivity index (χ1v) is 2.83. The Labute approximate surface area is 29.0 Å². The minimum Gasteiger partial charge on any atom is -0.249 e. The molecule has 25 valence electrons. The molecule has 0 amide bonds. The molecule has 4 heavy (non-hydrogen) atoms. The predicted molar refractivity (Wildman–Crippen MR) is 13.8 cm³/mol. The van der Waals surface area contributed by atoms with Crippen LogP contribution in [0.1, 0.15) is 0 Å².